The van der Waals surface area contributed by atoms with Gasteiger partial charge in [-0.2, -0.15) is 18.4 Å². The third-order valence-corrected chi connectivity index (χ3v) is 5.68. The quantitative estimate of drug-likeness (QED) is 0.325. The van der Waals surface area contributed by atoms with Gasteiger partial charge in [0.1, 0.15) is 0 Å². The van der Waals surface area contributed by atoms with Gasteiger partial charge in [0.15, 0.2) is 6.04 Å². The van der Waals surface area contributed by atoms with Gasteiger partial charge < -0.3 is 20.1 Å². The van der Waals surface area contributed by atoms with E-state index >= 15 is 0 Å². The minimum atomic E-state index is -4.95. The monoisotopic (exact) mass is 584 g/mol. The molecule has 0 aromatic carbocycles. The minimum Gasteiger partial charge on any atom is -0.340 e. The zero-order valence-corrected chi connectivity index (χ0v) is 26.0. The molecular formula is C29H47F3N6O3. The van der Waals surface area contributed by atoms with E-state index in [9.17, 15) is 27.6 Å². The van der Waals surface area contributed by atoms with Gasteiger partial charge in [-0.25, -0.2) is 4.98 Å². The van der Waals surface area contributed by atoms with E-state index < -0.39 is 30.6 Å². The van der Waals surface area contributed by atoms with Gasteiger partial charge in [0.25, 0.3) is 0 Å². The highest BCUT2D eigenvalue weighted by molar-refractivity contribution is 5.87. The first-order chi connectivity index (χ1) is 19.0. The normalized spacial score (nSPS) is 16.7. The number of carbonyl (C=O) groups is 3. The second kappa shape index (κ2) is 19.5. The predicted octanol–water partition coefficient (Wildman–Crippen LogP) is 5.49. The van der Waals surface area contributed by atoms with Crippen LogP contribution in [-0.2, 0) is 14.4 Å². The second-order valence-corrected chi connectivity index (χ2v) is 10.3. The minimum absolute atomic E-state index is 0.0519. The first-order valence-corrected chi connectivity index (χ1v) is 13.6. The van der Waals surface area contributed by atoms with Crippen LogP contribution in [0.25, 0.3) is 5.70 Å². The Morgan fingerprint density at radius 3 is 2.20 bits per heavy atom. The molecule has 1 aliphatic heterocycles. The van der Waals surface area contributed by atoms with Gasteiger partial charge in [0.2, 0.25) is 12.3 Å². The summed E-state index contributed by atoms with van der Waals surface area (Å²) in [4.78, 5) is 38.1. The number of halogens is 3. The number of allylic oxidation sites excluding steroid dienone is 4. The number of alkyl halides is 3. The van der Waals surface area contributed by atoms with Crippen molar-refractivity contribution < 1.29 is 27.6 Å². The number of carbonyl (C=O) groups excluding carboxylic acids is 3. The van der Waals surface area contributed by atoms with E-state index in [4.69, 9.17) is 5.26 Å². The summed E-state index contributed by atoms with van der Waals surface area (Å²) in [6, 6.07) is 1.31. The molecule has 0 bridgehead atoms. The highest BCUT2D eigenvalue weighted by Gasteiger charge is 2.41. The molecule has 1 aliphatic rings. The molecule has 2 atom stereocenters. The van der Waals surface area contributed by atoms with Gasteiger partial charge in [-0.1, -0.05) is 67.5 Å². The molecule has 0 saturated carbocycles. The molecule has 1 unspecified atom stereocenters. The van der Waals surface area contributed by atoms with E-state index in [1.54, 1.807) is 22.4 Å². The van der Waals surface area contributed by atoms with Gasteiger partial charge in [0.05, 0.1) is 30.8 Å². The van der Waals surface area contributed by atoms with Crippen LogP contribution in [0.5, 0.6) is 0 Å². The Bertz CT molecular complexity index is 1040. The van der Waals surface area contributed by atoms with Crippen LogP contribution in [0.1, 0.15) is 81.0 Å². The molecule has 1 aromatic heterocycles. The fraction of sp³-hybridized carbons (Fsp3) is 0.621. The summed E-state index contributed by atoms with van der Waals surface area (Å²) < 4.78 is 37.5. The lowest BCUT2D eigenvalue weighted by Gasteiger charge is -2.22. The molecule has 1 saturated heterocycles. The summed E-state index contributed by atoms with van der Waals surface area (Å²) in [5.74, 6) is -1.45. The molecule has 12 heteroatoms. The molecule has 3 amide bonds. The molecule has 2 N–H and O–H groups in total. The molecular weight excluding hydrogens is 537 g/mol. The standard InChI is InChI=1S/C12H14N4O.C11H17F3N2O2.C4H10.C2H6/c1-3-5-10(4-2)16-8-14-7-12(16)11(6-13)15-9-17;1-7-5-16(6-10(7,2)3)8(17)4-15-9(18)11(12,13)14;1-4(2)3;1-2/h3-5,7-9,11H,1-2H3,(H,15,17);7H,4-6H2,1-3H3,(H,15,18);4H,1-3H3;1-2H3/b5-3-,10-4+;;;/t;7-;;/m.0../s1. The summed E-state index contributed by atoms with van der Waals surface area (Å²) in [6.45, 7) is 20.7. The van der Waals surface area contributed by atoms with E-state index in [-0.39, 0.29) is 11.3 Å². The molecule has 0 radical (unpaired) electrons. The van der Waals surface area contributed by atoms with Crippen molar-refractivity contribution in [3.05, 3.63) is 36.4 Å². The number of aromatic nitrogens is 2. The number of nitrogens with one attached hydrogen (secondary N) is 2. The van der Waals surface area contributed by atoms with Gasteiger partial charge >= 0.3 is 12.1 Å². The van der Waals surface area contributed by atoms with Crippen molar-refractivity contribution in [3.63, 3.8) is 0 Å². The predicted molar refractivity (Wildman–Crippen MR) is 155 cm³/mol. The molecule has 1 aromatic rings. The lowest BCUT2D eigenvalue weighted by molar-refractivity contribution is -0.174. The first kappa shape index (κ1) is 39.5. The van der Waals surface area contributed by atoms with Crippen molar-refractivity contribution in [1.82, 2.24) is 25.1 Å². The maximum atomic E-state index is 11.9. The second-order valence-electron chi connectivity index (χ2n) is 10.3. The van der Waals surface area contributed by atoms with E-state index in [1.165, 1.54) is 4.90 Å². The lowest BCUT2D eigenvalue weighted by atomic mass is 9.84. The molecule has 0 aliphatic carbocycles. The number of amides is 3. The van der Waals surface area contributed by atoms with Gasteiger partial charge in [-0.05, 0) is 37.2 Å². The number of hydrogen-bond donors (Lipinski definition) is 2. The maximum absolute atomic E-state index is 11.9. The molecule has 1 fully saturated rings. The third-order valence-electron chi connectivity index (χ3n) is 5.68. The highest BCUT2D eigenvalue weighted by Crippen LogP contribution is 2.34. The maximum Gasteiger partial charge on any atom is 0.471 e. The number of nitriles is 1. The molecule has 0 spiro atoms. The van der Waals surface area contributed by atoms with Crippen LogP contribution in [0.15, 0.2) is 30.8 Å². The van der Waals surface area contributed by atoms with E-state index in [1.807, 2.05) is 72.8 Å². The van der Waals surface area contributed by atoms with Crippen molar-refractivity contribution in [2.75, 3.05) is 19.6 Å². The van der Waals surface area contributed by atoms with Crippen molar-refractivity contribution in [2.45, 2.75) is 81.5 Å². The average molecular weight is 585 g/mol. The largest absolute Gasteiger partial charge is 0.471 e. The lowest BCUT2D eigenvalue weighted by Crippen LogP contribution is -2.44. The van der Waals surface area contributed by atoms with E-state index in [0.717, 1.165) is 11.6 Å². The molecule has 41 heavy (non-hydrogen) atoms. The van der Waals surface area contributed by atoms with Gasteiger partial charge in [-0.15, -0.1) is 0 Å². The van der Waals surface area contributed by atoms with Crippen molar-refractivity contribution in [2.24, 2.45) is 17.3 Å². The van der Waals surface area contributed by atoms with E-state index in [0.29, 0.717) is 25.2 Å². The van der Waals surface area contributed by atoms with Crippen LogP contribution in [0.2, 0.25) is 0 Å². The van der Waals surface area contributed by atoms with Crippen LogP contribution in [0, 0.1) is 28.6 Å². The summed E-state index contributed by atoms with van der Waals surface area (Å²) in [5.41, 5.74) is 1.47. The van der Waals surface area contributed by atoms with E-state index in [2.05, 4.69) is 31.1 Å². The average Bonchev–Trinajstić information content (AvgIpc) is 3.48. The summed E-state index contributed by atoms with van der Waals surface area (Å²) >= 11 is 0. The van der Waals surface area contributed by atoms with Crippen LogP contribution >= 0.6 is 0 Å². The Kier molecular flexibility index (Phi) is 18.8. The van der Waals surface area contributed by atoms with Crippen LogP contribution in [0.3, 0.4) is 0 Å². The molecule has 2 rings (SSSR count). The number of hydrogen-bond acceptors (Lipinski definition) is 5. The van der Waals surface area contributed by atoms with Gasteiger partial charge in [0, 0.05) is 18.8 Å². The Morgan fingerprint density at radius 1 is 1.24 bits per heavy atom. The van der Waals surface area contributed by atoms with Crippen molar-refractivity contribution in [1.29, 1.82) is 5.26 Å². The zero-order chi connectivity index (χ0) is 32.4. The zero-order valence-electron chi connectivity index (χ0n) is 26.0. The summed E-state index contributed by atoms with van der Waals surface area (Å²) in [7, 11) is 0. The SMILES string of the molecule is C/C=C\C(=C/C)n1cncc1C(C#N)NC=O.CC.CC(C)C.C[C@H]1CN(C(=O)CNC(=O)C(F)(F)F)CC1(C)C. The summed E-state index contributed by atoms with van der Waals surface area (Å²) in [6.07, 6.45) is 4.45. The Morgan fingerprint density at radius 2 is 1.80 bits per heavy atom. The molecule has 2 heterocycles. The first-order valence-electron chi connectivity index (χ1n) is 13.6. The number of nitrogens with zero attached hydrogens (tertiary/aromatic N) is 4. The summed E-state index contributed by atoms with van der Waals surface area (Å²) in [5, 5.41) is 13.0. The Hall–Kier alpha value is -3.62. The highest BCUT2D eigenvalue weighted by atomic mass is 19.4. The fourth-order valence-corrected chi connectivity index (χ4v) is 3.33. The molecule has 232 valence electrons. The third kappa shape index (κ3) is 14.5. The van der Waals surface area contributed by atoms with Crippen LogP contribution in [0.4, 0.5) is 13.2 Å². The number of likely N-dealkylation sites (tertiary alicyclic amines) is 1. The fourth-order valence-electron chi connectivity index (χ4n) is 3.33. The Labute approximate surface area is 242 Å². The smallest absolute Gasteiger partial charge is 0.340 e. The van der Waals surface area contributed by atoms with Gasteiger partial charge in [-0.3, -0.25) is 14.4 Å². The van der Waals surface area contributed by atoms with Crippen molar-refractivity contribution in [3.8, 4) is 6.07 Å². The Balaban J connectivity index is 0. The number of imidazole rings is 1. The number of rotatable bonds is 7. The topological polar surface area (TPSA) is 120 Å². The van der Waals surface area contributed by atoms with Crippen molar-refractivity contribution >= 4 is 23.9 Å². The van der Waals surface area contributed by atoms with Crippen LogP contribution < -0.4 is 10.6 Å². The molecule has 9 nitrogen and oxygen atoms in total. The van der Waals surface area contributed by atoms with Crippen LogP contribution in [-0.4, -0.2) is 58.5 Å².